The van der Waals surface area contributed by atoms with Crippen LogP contribution in [0.1, 0.15) is 43.6 Å². The lowest BCUT2D eigenvalue weighted by Crippen LogP contribution is -2.58. The normalized spacial score (nSPS) is 19.4. The van der Waals surface area contributed by atoms with Gasteiger partial charge in [0, 0.05) is 58.5 Å². The molecule has 0 spiro atoms. The molecule has 2 saturated heterocycles. The van der Waals surface area contributed by atoms with E-state index in [0.29, 0.717) is 63.9 Å². The van der Waals surface area contributed by atoms with Crippen molar-refractivity contribution >= 4 is 17.9 Å². The summed E-state index contributed by atoms with van der Waals surface area (Å²) in [6, 6.07) is 9.34. The van der Waals surface area contributed by atoms with Crippen LogP contribution in [0.15, 0.2) is 36.5 Å². The fraction of sp³-hybridized carbons (Fsp3) is 0.600. The molecule has 0 saturated carbocycles. The van der Waals surface area contributed by atoms with E-state index in [4.69, 9.17) is 9.47 Å². The minimum Gasteiger partial charge on any atom is -0.465 e. The lowest BCUT2D eigenvalue weighted by molar-refractivity contribution is -0.142. The van der Waals surface area contributed by atoms with E-state index in [1.807, 2.05) is 48.7 Å². The van der Waals surface area contributed by atoms with Crippen molar-refractivity contribution in [2.75, 3.05) is 59.7 Å². The molecule has 3 heterocycles. The first-order chi connectivity index (χ1) is 19.8. The van der Waals surface area contributed by atoms with Gasteiger partial charge in [0.25, 0.3) is 5.91 Å². The third-order valence-electron chi connectivity index (χ3n) is 7.72. The molecular formula is C30H43N5O6. The first-order valence-electron chi connectivity index (χ1n) is 14.5. The van der Waals surface area contributed by atoms with Gasteiger partial charge in [-0.2, -0.15) is 0 Å². The van der Waals surface area contributed by atoms with E-state index < -0.39 is 18.1 Å². The highest BCUT2D eigenvalue weighted by Crippen LogP contribution is 2.28. The van der Waals surface area contributed by atoms with Gasteiger partial charge >= 0.3 is 6.09 Å². The molecule has 0 radical (unpaired) electrons. The highest BCUT2D eigenvalue weighted by molar-refractivity contribution is 5.93. The quantitative estimate of drug-likeness (QED) is 0.413. The number of piperidine rings is 1. The molecule has 2 atom stereocenters. The second-order valence-electron chi connectivity index (χ2n) is 11.2. The Labute approximate surface area is 242 Å². The van der Waals surface area contributed by atoms with Gasteiger partial charge in [0.1, 0.15) is 11.5 Å². The summed E-state index contributed by atoms with van der Waals surface area (Å²) < 4.78 is 12.6. The van der Waals surface area contributed by atoms with Crippen molar-refractivity contribution in [1.82, 2.24) is 24.3 Å². The largest absolute Gasteiger partial charge is 0.465 e. The molecule has 2 fully saturated rings. The summed E-state index contributed by atoms with van der Waals surface area (Å²) >= 11 is 0. The van der Waals surface area contributed by atoms with Crippen LogP contribution in [0.2, 0.25) is 0 Å². The number of amides is 3. The van der Waals surface area contributed by atoms with Crippen LogP contribution >= 0.6 is 0 Å². The van der Waals surface area contributed by atoms with Crippen LogP contribution in [0.25, 0.3) is 11.4 Å². The molecule has 0 unspecified atom stereocenters. The fourth-order valence-electron chi connectivity index (χ4n) is 5.72. The predicted octanol–water partition coefficient (Wildman–Crippen LogP) is 3.30. The highest BCUT2D eigenvalue weighted by atomic mass is 16.5. The van der Waals surface area contributed by atoms with Crippen molar-refractivity contribution in [3.63, 3.8) is 0 Å². The van der Waals surface area contributed by atoms with E-state index in [9.17, 15) is 19.5 Å². The minimum atomic E-state index is -1.08. The van der Waals surface area contributed by atoms with Crippen molar-refractivity contribution in [2.24, 2.45) is 11.8 Å². The van der Waals surface area contributed by atoms with Crippen LogP contribution in [-0.4, -0.2) is 113 Å². The Kier molecular flexibility index (Phi) is 10.8. The maximum atomic E-state index is 14.4. The van der Waals surface area contributed by atoms with Crippen LogP contribution in [-0.2, 0) is 20.8 Å². The Morgan fingerprint density at radius 2 is 1.83 bits per heavy atom. The van der Waals surface area contributed by atoms with Crippen LogP contribution in [0, 0.1) is 11.8 Å². The number of imidazole rings is 1. The van der Waals surface area contributed by atoms with Crippen LogP contribution < -0.4 is 0 Å². The summed E-state index contributed by atoms with van der Waals surface area (Å²) in [6.07, 6.45) is 2.60. The van der Waals surface area contributed by atoms with Crippen molar-refractivity contribution in [1.29, 1.82) is 0 Å². The molecule has 224 valence electrons. The number of rotatable bonds is 11. The zero-order valence-electron chi connectivity index (χ0n) is 24.4. The number of morpholine rings is 1. The van der Waals surface area contributed by atoms with E-state index in [2.05, 4.69) is 4.98 Å². The summed E-state index contributed by atoms with van der Waals surface area (Å²) in [5, 5.41) is 9.95. The number of carbonyl (C=O) groups excluding carboxylic acids is 2. The van der Waals surface area contributed by atoms with Crippen LogP contribution in [0.5, 0.6) is 0 Å². The standard InChI is InChI=1S/C30H43N5O6/c1-22(2)19-35(25-17-24(20-33(21-25)30(38)39)28(36)32-12-15-41-16-13-32)29(37)26-18-31-27(23-9-5-4-6-10-23)34(26)11-7-8-14-40-3/h4-6,9-10,18,22,24-25H,7-8,11-17,19-21H2,1-3H3,(H,38,39)/t24-,25+/m1/s1. The molecule has 2 aromatic rings. The maximum absolute atomic E-state index is 14.4. The first kappa shape index (κ1) is 30.5. The third-order valence-corrected chi connectivity index (χ3v) is 7.72. The zero-order valence-corrected chi connectivity index (χ0v) is 24.4. The molecule has 0 aliphatic carbocycles. The molecule has 1 N–H and O–H groups in total. The van der Waals surface area contributed by atoms with E-state index in [1.54, 1.807) is 23.1 Å². The summed E-state index contributed by atoms with van der Waals surface area (Å²) in [6.45, 7) is 7.94. The zero-order chi connectivity index (χ0) is 29.4. The smallest absolute Gasteiger partial charge is 0.407 e. The number of carboxylic acid groups (broad SMARTS) is 1. The number of carbonyl (C=O) groups is 3. The van der Waals surface area contributed by atoms with Gasteiger partial charge in [0.05, 0.1) is 31.4 Å². The van der Waals surface area contributed by atoms with Crippen molar-refractivity contribution in [3.05, 3.63) is 42.2 Å². The number of methoxy groups -OCH3 is 1. The molecular weight excluding hydrogens is 526 g/mol. The summed E-state index contributed by atoms with van der Waals surface area (Å²) in [7, 11) is 1.67. The number of likely N-dealkylation sites (tertiary alicyclic amines) is 1. The molecule has 11 nitrogen and oxygen atoms in total. The van der Waals surface area contributed by atoms with Crippen molar-refractivity contribution < 1.29 is 29.0 Å². The second kappa shape index (κ2) is 14.5. The lowest BCUT2D eigenvalue weighted by Gasteiger charge is -2.43. The van der Waals surface area contributed by atoms with Gasteiger partial charge in [-0.3, -0.25) is 9.59 Å². The SMILES string of the molecule is COCCCCn1c(C(=O)N(CC(C)C)[C@H]2C[C@@H](C(=O)N3CCOCC3)CN(C(=O)O)C2)cnc1-c1ccccc1. The number of benzene rings is 1. The van der Waals surface area contributed by atoms with Crippen molar-refractivity contribution in [2.45, 2.75) is 45.7 Å². The van der Waals surface area contributed by atoms with E-state index in [-0.39, 0.29) is 30.8 Å². The van der Waals surface area contributed by atoms with Gasteiger partial charge in [-0.15, -0.1) is 0 Å². The summed E-state index contributed by atoms with van der Waals surface area (Å²) in [4.78, 5) is 49.5. The molecule has 11 heteroatoms. The Morgan fingerprint density at radius 1 is 1.10 bits per heavy atom. The molecule has 41 heavy (non-hydrogen) atoms. The molecule has 2 aliphatic heterocycles. The minimum absolute atomic E-state index is 0.0734. The topological polar surface area (TPSA) is 117 Å². The number of hydrogen-bond acceptors (Lipinski definition) is 6. The summed E-state index contributed by atoms with van der Waals surface area (Å²) in [5.74, 6) is 0.0567. The third kappa shape index (κ3) is 7.65. The van der Waals surface area contributed by atoms with Gasteiger partial charge < -0.3 is 33.8 Å². The lowest BCUT2D eigenvalue weighted by atomic mass is 9.91. The second-order valence-corrected chi connectivity index (χ2v) is 11.2. The van der Waals surface area contributed by atoms with Crippen molar-refractivity contribution in [3.8, 4) is 11.4 Å². The molecule has 0 bridgehead atoms. The van der Waals surface area contributed by atoms with E-state index >= 15 is 0 Å². The monoisotopic (exact) mass is 569 g/mol. The molecule has 3 amide bonds. The predicted molar refractivity (Wildman–Crippen MR) is 154 cm³/mol. The molecule has 4 rings (SSSR count). The van der Waals surface area contributed by atoms with Gasteiger partial charge in [0.15, 0.2) is 0 Å². The maximum Gasteiger partial charge on any atom is 0.407 e. The molecule has 1 aromatic carbocycles. The van der Waals surface area contributed by atoms with Gasteiger partial charge in [-0.25, -0.2) is 9.78 Å². The average Bonchev–Trinajstić information content (AvgIpc) is 3.41. The summed E-state index contributed by atoms with van der Waals surface area (Å²) in [5.41, 5.74) is 1.38. The van der Waals surface area contributed by atoms with E-state index in [0.717, 1.165) is 18.4 Å². The number of ether oxygens (including phenoxy) is 2. The molecule has 1 aromatic heterocycles. The van der Waals surface area contributed by atoms with Gasteiger partial charge in [0.2, 0.25) is 5.91 Å². The number of unbranched alkanes of at least 4 members (excludes halogenated alkanes) is 1. The Morgan fingerprint density at radius 3 is 2.49 bits per heavy atom. The van der Waals surface area contributed by atoms with Crippen LogP contribution in [0.3, 0.4) is 0 Å². The number of nitrogens with zero attached hydrogens (tertiary/aromatic N) is 5. The van der Waals surface area contributed by atoms with Gasteiger partial charge in [-0.1, -0.05) is 44.2 Å². The first-order valence-corrected chi connectivity index (χ1v) is 14.5. The Hall–Kier alpha value is -3.44. The van der Waals surface area contributed by atoms with Gasteiger partial charge in [-0.05, 0) is 25.2 Å². The Balaban J connectivity index is 1.65. The Bertz CT molecular complexity index is 1160. The highest BCUT2D eigenvalue weighted by Gasteiger charge is 2.40. The number of hydrogen-bond donors (Lipinski definition) is 1. The fourth-order valence-corrected chi connectivity index (χ4v) is 5.72. The molecule has 2 aliphatic rings. The number of aromatic nitrogens is 2. The average molecular weight is 570 g/mol. The van der Waals surface area contributed by atoms with E-state index in [1.165, 1.54) is 4.90 Å². The van der Waals surface area contributed by atoms with Crippen LogP contribution in [0.4, 0.5) is 4.79 Å².